The molecule has 0 spiro atoms. The van der Waals surface area contributed by atoms with Crippen LogP contribution in [0.3, 0.4) is 0 Å². The van der Waals surface area contributed by atoms with E-state index in [0.717, 1.165) is 31.2 Å². The molecule has 0 saturated heterocycles. The molecule has 12 heteroatoms. The summed E-state index contributed by atoms with van der Waals surface area (Å²) in [6.45, 7) is 2.05. The fourth-order valence-electron chi connectivity index (χ4n) is 4.92. The maximum atomic E-state index is 13.2. The van der Waals surface area contributed by atoms with Gasteiger partial charge in [0.15, 0.2) is 5.65 Å². The molecule has 12 nitrogen and oxygen atoms in total. The molecule has 0 atom stereocenters. The van der Waals surface area contributed by atoms with Crippen molar-refractivity contribution in [3.05, 3.63) is 53.5 Å². The van der Waals surface area contributed by atoms with Gasteiger partial charge in [-0.3, -0.25) is 19.2 Å². The number of carbonyl (C=O) groups is 4. The number of aromatic nitrogens is 3. The van der Waals surface area contributed by atoms with Crippen LogP contribution in [0.5, 0.6) is 5.75 Å². The van der Waals surface area contributed by atoms with E-state index in [0.29, 0.717) is 23.6 Å². The highest BCUT2D eigenvalue weighted by Gasteiger charge is 2.28. The number of amides is 4. The van der Waals surface area contributed by atoms with E-state index in [-0.39, 0.29) is 47.5 Å². The zero-order chi connectivity index (χ0) is 28.8. The first-order valence-corrected chi connectivity index (χ1v) is 13.2. The molecule has 40 heavy (non-hydrogen) atoms. The van der Waals surface area contributed by atoms with Crippen LogP contribution < -0.4 is 20.7 Å². The zero-order valence-electron chi connectivity index (χ0n) is 23.2. The number of benzene rings is 1. The lowest BCUT2D eigenvalue weighted by molar-refractivity contribution is -0.134. The quantitative estimate of drug-likeness (QED) is 0.371. The minimum absolute atomic E-state index is 0.0434. The standard InChI is InChI=1S/C28H35N7O5/c1-17(36)32-21-13-19(7-10-24(21)40-4)16-29-26(37)22-14-23(35-25(33-22)11-12-31-35)27(38)30-15-18-5-8-20(9-6-18)28(39)34(2)3/h7,10-14,18,20H,5-6,8-9,15-16H2,1-4H3,(H,29,37)(H,30,38)(H,32,36). The molecule has 2 heterocycles. The zero-order valence-corrected chi connectivity index (χ0v) is 23.2. The molecule has 3 N–H and O–H groups in total. The molecule has 3 aromatic rings. The van der Waals surface area contributed by atoms with Gasteiger partial charge in [-0.05, 0) is 49.3 Å². The van der Waals surface area contributed by atoms with Gasteiger partial charge in [0.25, 0.3) is 11.8 Å². The van der Waals surface area contributed by atoms with Gasteiger partial charge in [0.2, 0.25) is 11.8 Å². The summed E-state index contributed by atoms with van der Waals surface area (Å²) >= 11 is 0. The maximum absolute atomic E-state index is 13.2. The summed E-state index contributed by atoms with van der Waals surface area (Å²) in [5.74, 6) is -0.0715. The molecule has 1 aliphatic rings. The Morgan fingerprint density at radius 1 is 1.02 bits per heavy atom. The van der Waals surface area contributed by atoms with Crippen LogP contribution in [0.1, 0.15) is 59.1 Å². The first-order chi connectivity index (χ1) is 19.2. The Kier molecular flexibility index (Phi) is 8.97. The third-order valence-electron chi connectivity index (χ3n) is 7.04. The minimum Gasteiger partial charge on any atom is -0.495 e. The highest BCUT2D eigenvalue weighted by molar-refractivity contribution is 5.98. The second-order valence-corrected chi connectivity index (χ2v) is 10.2. The molecule has 4 rings (SSSR count). The van der Waals surface area contributed by atoms with Crippen LogP contribution in [-0.4, -0.2) is 70.9 Å². The molecular weight excluding hydrogens is 514 g/mol. The van der Waals surface area contributed by atoms with E-state index in [4.69, 9.17) is 4.74 Å². The van der Waals surface area contributed by atoms with Gasteiger partial charge >= 0.3 is 0 Å². The lowest BCUT2D eigenvalue weighted by Gasteiger charge is -2.29. The fourth-order valence-corrected chi connectivity index (χ4v) is 4.92. The van der Waals surface area contributed by atoms with Crippen molar-refractivity contribution in [2.75, 3.05) is 33.1 Å². The number of methoxy groups -OCH3 is 1. The first kappa shape index (κ1) is 28.5. The van der Waals surface area contributed by atoms with Crippen LogP contribution in [0.4, 0.5) is 5.69 Å². The number of nitrogens with zero attached hydrogens (tertiary/aromatic N) is 4. The molecule has 1 aliphatic carbocycles. The van der Waals surface area contributed by atoms with E-state index in [2.05, 4.69) is 26.0 Å². The van der Waals surface area contributed by atoms with Crippen LogP contribution in [0.2, 0.25) is 0 Å². The van der Waals surface area contributed by atoms with Gasteiger partial charge < -0.3 is 25.6 Å². The van der Waals surface area contributed by atoms with E-state index in [1.807, 2.05) is 0 Å². The summed E-state index contributed by atoms with van der Waals surface area (Å²) in [6, 6.07) is 8.25. The van der Waals surface area contributed by atoms with Gasteiger partial charge in [-0.25, -0.2) is 9.50 Å². The van der Waals surface area contributed by atoms with E-state index < -0.39 is 5.91 Å². The van der Waals surface area contributed by atoms with Gasteiger partial charge in [-0.1, -0.05) is 6.07 Å². The summed E-state index contributed by atoms with van der Waals surface area (Å²) in [5.41, 5.74) is 1.89. The Morgan fingerprint density at radius 2 is 1.77 bits per heavy atom. The van der Waals surface area contributed by atoms with Crippen LogP contribution in [-0.2, 0) is 16.1 Å². The third-order valence-corrected chi connectivity index (χ3v) is 7.04. The van der Waals surface area contributed by atoms with Crippen molar-refractivity contribution in [2.45, 2.75) is 39.2 Å². The number of rotatable bonds is 9. The van der Waals surface area contributed by atoms with Crippen molar-refractivity contribution in [1.82, 2.24) is 30.1 Å². The van der Waals surface area contributed by atoms with E-state index >= 15 is 0 Å². The number of ether oxygens (including phenoxy) is 1. The lowest BCUT2D eigenvalue weighted by Crippen LogP contribution is -2.36. The fraction of sp³-hybridized carbons (Fsp3) is 0.429. The summed E-state index contributed by atoms with van der Waals surface area (Å²) in [6.07, 6.45) is 4.86. The normalized spacial score (nSPS) is 16.7. The van der Waals surface area contributed by atoms with Gasteiger partial charge in [0.05, 0.1) is 19.0 Å². The molecule has 1 fully saturated rings. The van der Waals surface area contributed by atoms with E-state index in [1.165, 1.54) is 30.8 Å². The molecule has 0 radical (unpaired) electrons. The van der Waals surface area contributed by atoms with Crippen molar-refractivity contribution in [3.8, 4) is 5.75 Å². The monoisotopic (exact) mass is 549 g/mol. The topological polar surface area (TPSA) is 147 Å². The second kappa shape index (κ2) is 12.6. The minimum atomic E-state index is -0.460. The van der Waals surface area contributed by atoms with Crippen LogP contribution in [0, 0.1) is 11.8 Å². The molecule has 212 valence electrons. The van der Waals surface area contributed by atoms with Crippen molar-refractivity contribution >= 4 is 35.0 Å². The molecule has 0 bridgehead atoms. The predicted molar refractivity (Wildman–Crippen MR) is 148 cm³/mol. The van der Waals surface area contributed by atoms with Crippen molar-refractivity contribution in [2.24, 2.45) is 11.8 Å². The maximum Gasteiger partial charge on any atom is 0.270 e. The molecule has 0 unspecified atom stereocenters. The number of fused-ring (bicyclic) bond motifs is 1. The van der Waals surface area contributed by atoms with Crippen LogP contribution in [0.25, 0.3) is 5.65 Å². The number of carbonyl (C=O) groups excluding carboxylic acids is 4. The number of anilines is 1. The number of hydrogen-bond acceptors (Lipinski definition) is 7. The van der Waals surface area contributed by atoms with E-state index in [9.17, 15) is 19.2 Å². The Balaban J connectivity index is 1.40. The van der Waals surface area contributed by atoms with Crippen LogP contribution >= 0.6 is 0 Å². The molecule has 4 amide bonds. The van der Waals surface area contributed by atoms with Gasteiger partial charge in [0.1, 0.15) is 17.1 Å². The highest BCUT2D eigenvalue weighted by Crippen LogP contribution is 2.29. The largest absolute Gasteiger partial charge is 0.495 e. The van der Waals surface area contributed by atoms with Crippen molar-refractivity contribution < 1.29 is 23.9 Å². The highest BCUT2D eigenvalue weighted by atomic mass is 16.5. The summed E-state index contributed by atoms with van der Waals surface area (Å²) in [4.78, 5) is 55.9. The van der Waals surface area contributed by atoms with Crippen LogP contribution in [0.15, 0.2) is 36.5 Å². The predicted octanol–water partition coefficient (Wildman–Crippen LogP) is 2.25. The second-order valence-electron chi connectivity index (χ2n) is 10.2. The first-order valence-electron chi connectivity index (χ1n) is 13.2. The number of nitrogens with one attached hydrogen (secondary N) is 3. The third kappa shape index (κ3) is 6.74. The van der Waals surface area contributed by atoms with Crippen molar-refractivity contribution in [1.29, 1.82) is 0 Å². The Bertz CT molecular complexity index is 1410. The Labute approximate surface area is 232 Å². The average Bonchev–Trinajstić information content (AvgIpc) is 3.42. The molecule has 1 aromatic carbocycles. The molecule has 2 aromatic heterocycles. The van der Waals surface area contributed by atoms with Gasteiger partial charge in [-0.15, -0.1) is 0 Å². The van der Waals surface area contributed by atoms with Crippen molar-refractivity contribution in [3.63, 3.8) is 0 Å². The van der Waals surface area contributed by atoms with E-state index in [1.54, 1.807) is 43.3 Å². The lowest BCUT2D eigenvalue weighted by atomic mass is 9.81. The summed E-state index contributed by atoms with van der Waals surface area (Å²) < 4.78 is 6.68. The summed E-state index contributed by atoms with van der Waals surface area (Å²) in [7, 11) is 5.06. The molecule has 1 saturated carbocycles. The molecule has 0 aliphatic heterocycles. The van der Waals surface area contributed by atoms with Gasteiger partial charge in [-0.2, -0.15) is 5.10 Å². The molecular formula is C28H35N7O5. The SMILES string of the molecule is COc1ccc(CNC(=O)c2cc(C(=O)NCC3CCC(C(=O)N(C)C)CC3)n3nccc3n2)cc1NC(C)=O. The average molecular weight is 550 g/mol. The number of hydrogen-bond donors (Lipinski definition) is 3. The smallest absolute Gasteiger partial charge is 0.270 e. The van der Waals surface area contributed by atoms with Gasteiger partial charge in [0, 0.05) is 52.2 Å². The Hall–Kier alpha value is -4.48. The summed E-state index contributed by atoms with van der Waals surface area (Å²) in [5, 5.41) is 12.7. The Morgan fingerprint density at radius 3 is 2.45 bits per heavy atom.